The maximum atomic E-state index is 11.1. The van der Waals surface area contributed by atoms with Crippen LogP contribution in [0.5, 0.6) is 0 Å². The molecular weight excluding hydrogens is 152 g/mol. The van der Waals surface area contributed by atoms with Crippen molar-refractivity contribution in [2.45, 2.75) is 27.7 Å². The van der Waals surface area contributed by atoms with Gasteiger partial charge in [0.25, 0.3) is 0 Å². The molecule has 0 fully saturated rings. The molecule has 1 N–H and O–H groups in total. The Morgan fingerprint density at radius 1 is 1.25 bits per heavy atom. The molecule has 0 atom stereocenters. The Kier molecular flexibility index (Phi) is 12.2. The van der Waals surface area contributed by atoms with Crippen LogP contribution in [0, 0.1) is 0 Å². The fraction of sp³-hybridized carbons (Fsp3) is 0.889. The number of carbonyl (C=O) groups excluding carboxylic acids is 1. The Balaban J connectivity index is 0. The minimum atomic E-state index is 0.174. The highest BCUT2D eigenvalue weighted by molar-refractivity contribution is 5.78. The average molecular weight is 174 g/mol. The van der Waals surface area contributed by atoms with E-state index in [1.807, 2.05) is 27.7 Å². The minimum absolute atomic E-state index is 0.174. The van der Waals surface area contributed by atoms with E-state index in [0.29, 0.717) is 6.54 Å². The molecule has 1 amide bonds. The number of likely N-dealkylation sites (N-methyl/N-ethyl adjacent to an activating group) is 2. The Morgan fingerprint density at radius 3 is 1.92 bits per heavy atom. The van der Waals surface area contributed by atoms with Crippen LogP contribution in [0.15, 0.2) is 0 Å². The van der Waals surface area contributed by atoms with Gasteiger partial charge in [-0.1, -0.05) is 13.8 Å². The SMILES string of the molecule is CC.CCN(CC)C(=O)CNC. The summed E-state index contributed by atoms with van der Waals surface area (Å²) in [5, 5.41) is 2.83. The van der Waals surface area contributed by atoms with Crippen molar-refractivity contribution in [3.05, 3.63) is 0 Å². The zero-order valence-corrected chi connectivity index (χ0v) is 8.98. The summed E-state index contributed by atoms with van der Waals surface area (Å²) in [6.07, 6.45) is 0. The summed E-state index contributed by atoms with van der Waals surface area (Å²) in [6.45, 7) is 10.0. The molecule has 3 nitrogen and oxygen atoms in total. The van der Waals surface area contributed by atoms with E-state index in [2.05, 4.69) is 5.32 Å². The second kappa shape index (κ2) is 10.4. The van der Waals surface area contributed by atoms with E-state index in [1.54, 1.807) is 11.9 Å². The third-order valence-electron chi connectivity index (χ3n) is 1.44. The second-order valence-corrected chi connectivity index (χ2v) is 2.10. The highest BCUT2D eigenvalue weighted by Crippen LogP contribution is 1.85. The second-order valence-electron chi connectivity index (χ2n) is 2.10. The van der Waals surface area contributed by atoms with E-state index < -0.39 is 0 Å². The number of nitrogens with zero attached hydrogens (tertiary/aromatic N) is 1. The van der Waals surface area contributed by atoms with Gasteiger partial charge in [-0.25, -0.2) is 0 Å². The molecule has 0 saturated carbocycles. The van der Waals surface area contributed by atoms with E-state index in [-0.39, 0.29) is 5.91 Å². The Labute approximate surface area is 76.1 Å². The van der Waals surface area contributed by atoms with Crippen LogP contribution >= 0.6 is 0 Å². The van der Waals surface area contributed by atoms with Gasteiger partial charge < -0.3 is 10.2 Å². The Hall–Kier alpha value is -0.570. The molecule has 0 heterocycles. The van der Waals surface area contributed by atoms with Gasteiger partial charge in [-0.15, -0.1) is 0 Å². The molecule has 0 rings (SSSR count). The first kappa shape index (κ1) is 14.0. The molecule has 0 unspecified atom stereocenters. The van der Waals surface area contributed by atoms with Crippen molar-refractivity contribution in [2.75, 3.05) is 26.7 Å². The predicted molar refractivity (Wildman–Crippen MR) is 53.2 cm³/mol. The van der Waals surface area contributed by atoms with Crippen molar-refractivity contribution < 1.29 is 4.79 Å². The van der Waals surface area contributed by atoms with Gasteiger partial charge in [-0.05, 0) is 20.9 Å². The summed E-state index contributed by atoms with van der Waals surface area (Å²) in [7, 11) is 1.78. The summed E-state index contributed by atoms with van der Waals surface area (Å²) in [5.41, 5.74) is 0. The highest BCUT2D eigenvalue weighted by Gasteiger charge is 2.05. The van der Waals surface area contributed by atoms with Crippen LogP contribution in [-0.2, 0) is 4.79 Å². The molecule has 74 valence electrons. The van der Waals surface area contributed by atoms with Crippen molar-refractivity contribution in [2.24, 2.45) is 0 Å². The Bertz CT molecular complexity index is 101. The zero-order valence-electron chi connectivity index (χ0n) is 8.98. The van der Waals surface area contributed by atoms with Crippen LogP contribution in [0.25, 0.3) is 0 Å². The monoisotopic (exact) mass is 174 g/mol. The molecule has 0 radical (unpaired) electrons. The van der Waals surface area contributed by atoms with E-state index in [9.17, 15) is 4.79 Å². The molecule has 0 aromatic heterocycles. The van der Waals surface area contributed by atoms with E-state index in [1.165, 1.54) is 0 Å². The molecule has 12 heavy (non-hydrogen) atoms. The van der Waals surface area contributed by atoms with Crippen LogP contribution in [0.4, 0.5) is 0 Å². The lowest BCUT2D eigenvalue weighted by molar-refractivity contribution is -0.129. The number of carbonyl (C=O) groups is 1. The predicted octanol–water partition coefficient (Wildman–Crippen LogP) is 1.10. The third kappa shape index (κ3) is 6.16. The molecule has 0 spiro atoms. The van der Waals surface area contributed by atoms with Gasteiger partial charge in [0.1, 0.15) is 0 Å². The summed E-state index contributed by atoms with van der Waals surface area (Å²) in [6, 6.07) is 0. The third-order valence-corrected chi connectivity index (χ3v) is 1.44. The van der Waals surface area contributed by atoms with Gasteiger partial charge >= 0.3 is 0 Å². The highest BCUT2D eigenvalue weighted by atomic mass is 16.2. The van der Waals surface area contributed by atoms with Crippen LogP contribution in [-0.4, -0.2) is 37.5 Å². The number of hydrogen-bond acceptors (Lipinski definition) is 2. The lowest BCUT2D eigenvalue weighted by atomic mass is 10.4. The lowest BCUT2D eigenvalue weighted by Crippen LogP contribution is -2.36. The van der Waals surface area contributed by atoms with Gasteiger partial charge in [0.2, 0.25) is 5.91 Å². The molecule has 3 heteroatoms. The topological polar surface area (TPSA) is 32.3 Å². The fourth-order valence-corrected chi connectivity index (χ4v) is 0.839. The van der Waals surface area contributed by atoms with Crippen molar-refractivity contribution >= 4 is 5.91 Å². The van der Waals surface area contributed by atoms with Crippen molar-refractivity contribution in [1.29, 1.82) is 0 Å². The smallest absolute Gasteiger partial charge is 0.236 e. The Morgan fingerprint density at radius 2 is 1.67 bits per heavy atom. The largest absolute Gasteiger partial charge is 0.342 e. The van der Waals surface area contributed by atoms with Crippen molar-refractivity contribution in [3.8, 4) is 0 Å². The first-order valence-electron chi connectivity index (χ1n) is 4.68. The van der Waals surface area contributed by atoms with Gasteiger partial charge in [0.15, 0.2) is 0 Å². The van der Waals surface area contributed by atoms with E-state index in [4.69, 9.17) is 0 Å². The summed E-state index contributed by atoms with van der Waals surface area (Å²) >= 11 is 0. The number of rotatable bonds is 4. The standard InChI is InChI=1S/C7H16N2O.C2H6/c1-4-9(5-2)7(10)6-8-3;1-2/h8H,4-6H2,1-3H3;1-2H3. The van der Waals surface area contributed by atoms with Gasteiger partial charge in [0, 0.05) is 13.1 Å². The normalized spacial score (nSPS) is 8.42. The van der Waals surface area contributed by atoms with Crippen LogP contribution < -0.4 is 5.32 Å². The molecule has 0 aliphatic heterocycles. The number of hydrogen-bond donors (Lipinski definition) is 1. The quantitative estimate of drug-likeness (QED) is 0.692. The number of nitrogens with one attached hydrogen (secondary N) is 1. The van der Waals surface area contributed by atoms with Gasteiger partial charge in [-0.3, -0.25) is 4.79 Å². The first-order valence-corrected chi connectivity index (χ1v) is 4.68. The summed E-state index contributed by atoms with van der Waals surface area (Å²) < 4.78 is 0. The fourth-order valence-electron chi connectivity index (χ4n) is 0.839. The van der Waals surface area contributed by atoms with E-state index in [0.717, 1.165) is 13.1 Å². The maximum Gasteiger partial charge on any atom is 0.236 e. The molecule has 0 saturated heterocycles. The van der Waals surface area contributed by atoms with Crippen LogP contribution in [0.3, 0.4) is 0 Å². The average Bonchev–Trinajstić information content (AvgIpc) is 2.11. The lowest BCUT2D eigenvalue weighted by Gasteiger charge is -2.17. The molecule has 0 bridgehead atoms. The van der Waals surface area contributed by atoms with Crippen molar-refractivity contribution in [1.82, 2.24) is 10.2 Å². The summed E-state index contributed by atoms with van der Waals surface area (Å²) in [5.74, 6) is 0.174. The molecule has 0 aromatic carbocycles. The minimum Gasteiger partial charge on any atom is -0.342 e. The van der Waals surface area contributed by atoms with E-state index >= 15 is 0 Å². The van der Waals surface area contributed by atoms with Gasteiger partial charge in [0.05, 0.1) is 6.54 Å². The molecular formula is C9H22N2O. The number of amides is 1. The zero-order chi connectivity index (χ0) is 9.98. The molecule has 0 aliphatic carbocycles. The maximum absolute atomic E-state index is 11.1. The van der Waals surface area contributed by atoms with Crippen molar-refractivity contribution in [3.63, 3.8) is 0 Å². The molecule has 0 aromatic rings. The first-order chi connectivity index (χ1) is 5.76. The van der Waals surface area contributed by atoms with Crippen LogP contribution in [0.1, 0.15) is 27.7 Å². The molecule has 0 aliphatic rings. The van der Waals surface area contributed by atoms with Crippen LogP contribution in [0.2, 0.25) is 0 Å². The van der Waals surface area contributed by atoms with Gasteiger partial charge in [-0.2, -0.15) is 0 Å². The summed E-state index contributed by atoms with van der Waals surface area (Å²) in [4.78, 5) is 12.9.